The number of hydrogen-bond donors (Lipinski definition) is 2. The maximum Gasteiger partial charge on any atom is 0.325 e. The molecule has 2 aliphatic heterocycles. The standard InChI is InChI=1S/C27H34N4O6/c1-30-25(34)21-14-18-13-19(23(21)26(30)35)7-3-4-10-28-27(36)29-11-9-17-6-5-8-20(12-17)24(33)31(15-18)16-22(32)37-2/h5-6,8,12-13,19,21,23H,3-4,7,9-11,14-16H2,1-2H3,(H2,28,29,36)/t19-,21+,23-/m1/s1. The molecule has 198 valence electrons. The average Bonchev–Trinajstić information content (AvgIpc) is 3.11. The highest BCUT2D eigenvalue weighted by atomic mass is 16.5. The number of urea groups is 1. The van der Waals surface area contributed by atoms with Gasteiger partial charge in [0.1, 0.15) is 6.54 Å². The molecule has 10 heteroatoms. The van der Waals surface area contributed by atoms with Crippen LogP contribution < -0.4 is 10.6 Å². The second-order valence-electron chi connectivity index (χ2n) is 9.93. The molecule has 2 heterocycles. The molecular weight excluding hydrogens is 476 g/mol. The molecule has 1 saturated heterocycles. The molecule has 0 radical (unpaired) electrons. The fraction of sp³-hybridized carbons (Fsp3) is 0.519. The van der Waals surface area contributed by atoms with Gasteiger partial charge in [0.15, 0.2) is 0 Å². The van der Waals surface area contributed by atoms with Gasteiger partial charge in [0.25, 0.3) is 5.91 Å². The van der Waals surface area contributed by atoms with E-state index in [9.17, 15) is 24.0 Å². The molecule has 0 unspecified atom stereocenters. The monoisotopic (exact) mass is 510 g/mol. The summed E-state index contributed by atoms with van der Waals surface area (Å²) in [6.45, 7) is 0.856. The number of fused-ring (bicyclic) bond motifs is 5. The number of esters is 1. The van der Waals surface area contributed by atoms with Crippen LogP contribution in [0.2, 0.25) is 0 Å². The van der Waals surface area contributed by atoms with E-state index in [1.807, 2.05) is 12.1 Å². The smallest absolute Gasteiger partial charge is 0.325 e. The highest BCUT2D eigenvalue weighted by molar-refractivity contribution is 6.05. The molecule has 4 rings (SSSR count). The Morgan fingerprint density at radius 3 is 2.65 bits per heavy atom. The summed E-state index contributed by atoms with van der Waals surface area (Å²) >= 11 is 0. The van der Waals surface area contributed by atoms with E-state index >= 15 is 0 Å². The van der Waals surface area contributed by atoms with Crippen LogP contribution in [0.4, 0.5) is 4.79 Å². The molecule has 1 aromatic carbocycles. The number of rotatable bonds is 2. The van der Waals surface area contributed by atoms with Crippen molar-refractivity contribution in [2.75, 3.05) is 40.3 Å². The SMILES string of the molecule is COC(=O)CN1CC2=C[C@@H](CCCCNC(=O)NCCc3cccc(c3)C1=O)[C@H]1C(=O)N(C)C(=O)[C@H]1C2. The molecule has 5 amide bonds. The van der Waals surface area contributed by atoms with E-state index in [2.05, 4.69) is 10.6 Å². The zero-order valence-corrected chi connectivity index (χ0v) is 21.3. The van der Waals surface area contributed by atoms with Gasteiger partial charge >= 0.3 is 12.0 Å². The van der Waals surface area contributed by atoms with Gasteiger partial charge in [0.05, 0.1) is 18.9 Å². The van der Waals surface area contributed by atoms with Crippen molar-refractivity contribution in [2.45, 2.75) is 32.1 Å². The van der Waals surface area contributed by atoms with Gasteiger partial charge in [-0.15, -0.1) is 0 Å². The number of carbonyl (C=O) groups is 5. The van der Waals surface area contributed by atoms with Crippen molar-refractivity contribution in [3.05, 3.63) is 47.0 Å². The van der Waals surface area contributed by atoms with Crippen LogP contribution in [0.5, 0.6) is 0 Å². The summed E-state index contributed by atoms with van der Waals surface area (Å²) in [5, 5.41) is 5.68. The van der Waals surface area contributed by atoms with Crippen LogP contribution in [0, 0.1) is 17.8 Å². The number of methoxy groups -OCH3 is 1. The third-order valence-electron chi connectivity index (χ3n) is 7.44. The van der Waals surface area contributed by atoms with Crippen molar-refractivity contribution >= 4 is 29.7 Å². The molecule has 37 heavy (non-hydrogen) atoms. The number of benzene rings is 1. The number of amides is 5. The van der Waals surface area contributed by atoms with Crippen LogP contribution in [0.15, 0.2) is 35.9 Å². The number of ether oxygens (including phenoxy) is 1. The Hall–Kier alpha value is -3.69. The first-order valence-corrected chi connectivity index (χ1v) is 12.8. The van der Waals surface area contributed by atoms with Gasteiger partial charge < -0.3 is 20.3 Å². The minimum atomic E-state index is -0.542. The summed E-state index contributed by atoms with van der Waals surface area (Å²) in [6.07, 6.45) is 5.10. The molecule has 0 aromatic heterocycles. The van der Waals surface area contributed by atoms with E-state index in [0.717, 1.165) is 24.0 Å². The molecule has 3 aliphatic rings. The topological polar surface area (TPSA) is 125 Å². The Labute approximate surface area is 216 Å². The molecule has 2 N–H and O–H groups in total. The number of likely N-dealkylation sites (tertiary alicyclic amines) is 1. The molecule has 1 fully saturated rings. The van der Waals surface area contributed by atoms with E-state index in [-0.39, 0.29) is 42.8 Å². The Balaban J connectivity index is 1.67. The minimum Gasteiger partial charge on any atom is -0.468 e. The highest BCUT2D eigenvalue weighted by Gasteiger charge is 2.50. The van der Waals surface area contributed by atoms with Crippen LogP contribution >= 0.6 is 0 Å². The molecule has 4 bridgehead atoms. The van der Waals surface area contributed by atoms with Crippen LogP contribution in [0.1, 0.15) is 41.6 Å². The maximum atomic E-state index is 13.5. The van der Waals surface area contributed by atoms with Crippen molar-refractivity contribution in [1.29, 1.82) is 0 Å². The number of imide groups is 1. The predicted molar refractivity (Wildman–Crippen MR) is 134 cm³/mol. The third kappa shape index (κ3) is 6.00. The van der Waals surface area contributed by atoms with Gasteiger partial charge in [-0.25, -0.2) is 4.79 Å². The van der Waals surface area contributed by atoms with Gasteiger partial charge in [0, 0.05) is 32.2 Å². The highest BCUT2D eigenvalue weighted by Crippen LogP contribution is 2.42. The lowest BCUT2D eigenvalue weighted by atomic mass is 9.72. The lowest BCUT2D eigenvalue weighted by Gasteiger charge is -2.32. The molecular formula is C27H34N4O6. The van der Waals surface area contributed by atoms with Crippen molar-refractivity contribution in [3.63, 3.8) is 0 Å². The number of nitrogens with one attached hydrogen (secondary N) is 2. The van der Waals surface area contributed by atoms with E-state index in [0.29, 0.717) is 37.9 Å². The summed E-state index contributed by atoms with van der Waals surface area (Å²) in [4.78, 5) is 66.4. The Kier molecular flexibility index (Phi) is 8.25. The van der Waals surface area contributed by atoms with Crippen LogP contribution in [0.25, 0.3) is 0 Å². The molecule has 10 nitrogen and oxygen atoms in total. The first-order valence-electron chi connectivity index (χ1n) is 12.8. The van der Waals surface area contributed by atoms with E-state index in [1.165, 1.54) is 24.0 Å². The second kappa shape index (κ2) is 11.6. The van der Waals surface area contributed by atoms with E-state index < -0.39 is 17.8 Å². The zero-order valence-electron chi connectivity index (χ0n) is 21.3. The molecule has 1 aliphatic carbocycles. The minimum absolute atomic E-state index is 0.165. The fourth-order valence-electron chi connectivity index (χ4n) is 5.54. The van der Waals surface area contributed by atoms with Crippen molar-refractivity contribution in [3.8, 4) is 0 Å². The van der Waals surface area contributed by atoms with Gasteiger partial charge in [-0.1, -0.05) is 30.2 Å². The van der Waals surface area contributed by atoms with Gasteiger partial charge in [0.2, 0.25) is 11.8 Å². The predicted octanol–water partition coefficient (Wildman–Crippen LogP) is 1.50. The van der Waals surface area contributed by atoms with Crippen molar-refractivity contribution in [1.82, 2.24) is 20.4 Å². The summed E-state index contributed by atoms with van der Waals surface area (Å²) in [5.41, 5.74) is 2.16. The van der Waals surface area contributed by atoms with E-state index in [4.69, 9.17) is 4.74 Å². The quantitative estimate of drug-likeness (QED) is 0.353. The Morgan fingerprint density at radius 2 is 1.86 bits per heavy atom. The third-order valence-corrected chi connectivity index (χ3v) is 7.44. The van der Waals surface area contributed by atoms with Gasteiger partial charge in [-0.3, -0.25) is 24.1 Å². The van der Waals surface area contributed by atoms with Crippen molar-refractivity contribution in [2.24, 2.45) is 17.8 Å². The number of nitrogens with zero attached hydrogens (tertiary/aromatic N) is 2. The molecule has 0 spiro atoms. The number of carbonyl (C=O) groups excluding carboxylic acids is 5. The van der Waals surface area contributed by atoms with Crippen LogP contribution in [-0.2, 0) is 25.5 Å². The Bertz CT molecular complexity index is 1120. The Morgan fingerprint density at radius 1 is 1.08 bits per heavy atom. The van der Waals surface area contributed by atoms with Gasteiger partial charge in [-0.05, 0) is 49.3 Å². The lowest BCUT2D eigenvalue weighted by Crippen LogP contribution is -2.40. The fourth-order valence-corrected chi connectivity index (χ4v) is 5.54. The number of hydrogen-bond acceptors (Lipinski definition) is 6. The lowest BCUT2D eigenvalue weighted by molar-refractivity contribution is -0.141. The molecule has 0 saturated carbocycles. The first kappa shape index (κ1) is 26.4. The largest absolute Gasteiger partial charge is 0.468 e. The first-order chi connectivity index (χ1) is 17.8. The maximum absolute atomic E-state index is 13.5. The summed E-state index contributed by atoms with van der Waals surface area (Å²) in [6, 6.07) is 6.85. The zero-order chi connectivity index (χ0) is 26.5. The molecule has 1 aromatic rings. The summed E-state index contributed by atoms with van der Waals surface area (Å²) in [5.74, 6) is -2.32. The summed E-state index contributed by atoms with van der Waals surface area (Å²) in [7, 11) is 2.79. The second-order valence-corrected chi connectivity index (χ2v) is 9.93. The van der Waals surface area contributed by atoms with E-state index in [1.54, 1.807) is 18.2 Å². The number of allylic oxidation sites excluding steroid dienone is 1. The average molecular weight is 511 g/mol. The van der Waals surface area contributed by atoms with Crippen LogP contribution in [0.3, 0.4) is 0 Å². The van der Waals surface area contributed by atoms with Crippen LogP contribution in [-0.4, -0.2) is 79.9 Å². The normalized spacial score (nSPS) is 25.4. The molecule has 3 atom stereocenters. The van der Waals surface area contributed by atoms with Crippen molar-refractivity contribution < 1.29 is 28.7 Å². The van der Waals surface area contributed by atoms with Gasteiger partial charge in [-0.2, -0.15) is 0 Å². The summed E-state index contributed by atoms with van der Waals surface area (Å²) < 4.78 is 4.85.